The minimum absolute atomic E-state index is 0.175. The van der Waals surface area contributed by atoms with Gasteiger partial charge in [-0.2, -0.15) is 0 Å². The summed E-state index contributed by atoms with van der Waals surface area (Å²) in [6.07, 6.45) is 2.15. The second-order valence-corrected chi connectivity index (χ2v) is 4.58. The van der Waals surface area contributed by atoms with Crippen LogP contribution in [-0.4, -0.2) is 37.9 Å². The van der Waals surface area contributed by atoms with Crippen LogP contribution in [0.2, 0.25) is 0 Å². The number of para-hydroxylation sites is 1. The van der Waals surface area contributed by atoms with E-state index < -0.39 is 5.97 Å². The van der Waals surface area contributed by atoms with Crippen LogP contribution >= 0.6 is 0 Å². The van der Waals surface area contributed by atoms with E-state index in [-0.39, 0.29) is 6.42 Å². The van der Waals surface area contributed by atoms with E-state index >= 15 is 0 Å². The molecule has 0 fully saturated rings. The average Bonchev–Trinajstić information content (AvgIpc) is 2.92. The first-order valence-corrected chi connectivity index (χ1v) is 6.90. The molecule has 1 aromatic heterocycles. The van der Waals surface area contributed by atoms with Crippen molar-refractivity contribution >= 4 is 5.97 Å². The number of carboxylic acid groups (broad SMARTS) is 1. The van der Waals surface area contributed by atoms with Crippen molar-refractivity contribution in [2.45, 2.75) is 32.2 Å². The maximum absolute atomic E-state index is 10.4. The number of aliphatic carboxylic acids is 1. The number of tetrazole rings is 1. The summed E-state index contributed by atoms with van der Waals surface area (Å²) in [4.78, 5) is 10.4. The van der Waals surface area contributed by atoms with Crippen LogP contribution in [-0.2, 0) is 17.8 Å². The van der Waals surface area contributed by atoms with Crippen LogP contribution < -0.4 is 4.74 Å². The normalized spacial score (nSPS) is 10.5. The van der Waals surface area contributed by atoms with E-state index in [9.17, 15) is 4.79 Å². The maximum atomic E-state index is 10.4. The van der Waals surface area contributed by atoms with Crippen LogP contribution in [0.15, 0.2) is 30.3 Å². The summed E-state index contributed by atoms with van der Waals surface area (Å²) in [5.41, 5.74) is 0. The second-order valence-electron chi connectivity index (χ2n) is 4.58. The molecule has 0 bridgehead atoms. The molecule has 2 aromatic rings. The van der Waals surface area contributed by atoms with Crippen LogP contribution in [0.25, 0.3) is 0 Å². The highest BCUT2D eigenvalue weighted by Gasteiger charge is 2.06. The average molecular weight is 290 g/mol. The van der Waals surface area contributed by atoms with Gasteiger partial charge in [0.25, 0.3) is 0 Å². The number of rotatable bonds is 9. The topological polar surface area (TPSA) is 90.1 Å². The Bertz CT molecular complexity index is 556. The Morgan fingerprint density at radius 3 is 2.81 bits per heavy atom. The number of aromatic nitrogens is 4. The number of aryl methyl sites for hydroxylation is 1. The quantitative estimate of drug-likeness (QED) is 0.705. The Labute approximate surface area is 122 Å². The Kier molecular flexibility index (Phi) is 5.69. The first-order valence-electron chi connectivity index (χ1n) is 6.90. The van der Waals surface area contributed by atoms with Crippen molar-refractivity contribution in [3.05, 3.63) is 36.2 Å². The van der Waals surface area contributed by atoms with Crippen molar-refractivity contribution in [2.75, 3.05) is 6.61 Å². The summed E-state index contributed by atoms with van der Waals surface area (Å²) >= 11 is 0. The number of ether oxygens (including phenoxy) is 1. The molecule has 0 amide bonds. The molecule has 2 rings (SSSR count). The molecule has 7 nitrogen and oxygen atoms in total. The van der Waals surface area contributed by atoms with Crippen LogP contribution in [0.3, 0.4) is 0 Å². The number of carboxylic acids is 1. The van der Waals surface area contributed by atoms with Crippen molar-refractivity contribution < 1.29 is 14.6 Å². The van der Waals surface area contributed by atoms with Gasteiger partial charge in [-0.25, -0.2) is 4.68 Å². The van der Waals surface area contributed by atoms with E-state index in [1.165, 1.54) is 0 Å². The van der Waals surface area contributed by atoms with Crippen molar-refractivity contribution in [1.29, 1.82) is 0 Å². The summed E-state index contributed by atoms with van der Waals surface area (Å²) in [6, 6.07) is 9.57. The third-order valence-electron chi connectivity index (χ3n) is 2.95. The fourth-order valence-electron chi connectivity index (χ4n) is 1.89. The Hall–Kier alpha value is -2.44. The van der Waals surface area contributed by atoms with Gasteiger partial charge in [-0.15, -0.1) is 5.10 Å². The number of nitrogens with zero attached hydrogens (tertiary/aromatic N) is 4. The molecular formula is C14H18N4O3. The van der Waals surface area contributed by atoms with E-state index in [1.54, 1.807) is 4.68 Å². The van der Waals surface area contributed by atoms with Gasteiger partial charge < -0.3 is 9.84 Å². The van der Waals surface area contributed by atoms with Gasteiger partial charge in [-0.3, -0.25) is 4.79 Å². The smallest absolute Gasteiger partial charge is 0.303 e. The molecule has 0 unspecified atom stereocenters. The molecule has 21 heavy (non-hydrogen) atoms. The zero-order chi connectivity index (χ0) is 14.9. The highest BCUT2D eigenvalue weighted by molar-refractivity contribution is 5.66. The molecular weight excluding hydrogens is 272 g/mol. The number of hydrogen-bond acceptors (Lipinski definition) is 5. The van der Waals surface area contributed by atoms with Crippen LogP contribution in [0.4, 0.5) is 0 Å². The summed E-state index contributed by atoms with van der Waals surface area (Å²) in [5.74, 6) is 0.794. The first kappa shape index (κ1) is 15.0. The first-order chi connectivity index (χ1) is 10.3. The number of unbranched alkanes of at least 4 members (excludes halogenated alkanes) is 1. The third kappa shape index (κ3) is 5.21. The van der Waals surface area contributed by atoms with E-state index in [0.29, 0.717) is 26.0 Å². The van der Waals surface area contributed by atoms with E-state index in [2.05, 4.69) is 15.5 Å². The third-order valence-corrected chi connectivity index (χ3v) is 2.95. The standard InChI is InChI=1S/C14H18N4O3/c19-14(20)8-4-5-10-18-13(15-16-17-18)9-11-21-12-6-2-1-3-7-12/h1-3,6-7H,4-5,8-11H2,(H,19,20). The summed E-state index contributed by atoms with van der Waals surface area (Å²) in [7, 11) is 0. The van der Waals surface area contributed by atoms with Gasteiger partial charge in [-0.1, -0.05) is 18.2 Å². The minimum atomic E-state index is -0.775. The van der Waals surface area contributed by atoms with Crippen molar-refractivity contribution in [3.63, 3.8) is 0 Å². The lowest BCUT2D eigenvalue weighted by Gasteiger charge is -2.06. The SMILES string of the molecule is O=C(O)CCCCn1nnnc1CCOc1ccccc1. The Morgan fingerprint density at radius 2 is 2.05 bits per heavy atom. The van der Waals surface area contributed by atoms with E-state index in [0.717, 1.165) is 18.0 Å². The zero-order valence-corrected chi connectivity index (χ0v) is 11.7. The van der Waals surface area contributed by atoms with Gasteiger partial charge >= 0.3 is 5.97 Å². The van der Waals surface area contributed by atoms with Gasteiger partial charge in [0.2, 0.25) is 0 Å². The Balaban J connectivity index is 1.74. The van der Waals surface area contributed by atoms with Gasteiger partial charge in [0.1, 0.15) is 5.75 Å². The maximum Gasteiger partial charge on any atom is 0.303 e. The second kappa shape index (κ2) is 7.98. The lowest BCUT2D eigenvalue weighted by molar-refractivity contribution is -0.137. The highest BCUT2D eigenvalue weighted by Crippen LogP contribution is 2.09. The van der Waals surface area contributed by atoms with Gasteiger partial charge in [0.05, 0.1) is 6.61 Å². The molecule has 0 radical (unpaired) electrons. The van der Waals surface area contributed by atoms with E-state index in [4.69, 9.17) is 9.84 Å². The monoisotopic (exact) mass is 290 g/mol. The summed E-state index contributed by atoms with van der Waals surface area (Å²) in [6.45, 7) is 1.13. The van der Waals surface area contributed by atoms with Gasteiger partial charge in [0, 0.05) is 19.4 Å². The fraction of sp³-hybridized carbons (Fsp3) is 0.429. The van der Waals surface area contributed by atoms with Crippen molar-refractivity contribution in [2.24, 2.45) is 0 Å². The molecule has 0 aliphatic rings. The molecule has 0 aliphatic heterocycles. The molecule has 0 saturated carbocycles. The van der Waals surface area contributed by atoms with Crippen molar-refractivity contribution in [1.82, 2.24) is 20.2 Å². The lowest BCUT2D eigenvalue weighted by Crippen LogP contribution is -2.10. The zero-order valence-electron chi connectivity index (χ0n) is 11.7. The number of benzene rings is 1. The Morgan fingerprint density at radius 1 is 1.24 bits per heavy atom. The fourth-order valence-corrected chi connectivity index (χ4v) is 1.89. The van der Waals surface area contributed by atoms with Crippen molar-refractivity contribution in [3.8, 4) is 5.75 Å². The molecule has 0 spiro atoms. The van der Waals surface area contributed by atoms with E-state index in [1.807, 2.05) is 30.3 Å². The van der Waals surface area contributed by atoms with Crippen LogP contribution in [0.1, 0.15) is 25.1 Å². The predicted octanol–water partition coefficient (Wildman–Crippen LogP) is 1.55. The molecule has 112 valence electrons. The summed E-state index contributed by atoms with van der Waals surface area (Å²) < 4.78 is 7.31. The number of hydrogen-bond donors (Lipinski definition) is 1. The molecule has 1 heterocycles. The molecule has 0 aliphatic carbocycles. The molecule has 7 heteroatoms. The molecule has 0 atom stereocenters. The minimum Gasteiger partial charge on any atom is -0.493 e. The summed E-state index contributed by atoms with van der Waals surface area (Å²) in [5, 5.41) is 20.1. The van der Waals surface area contributed by atoms with Crippen LogP contribution in [0, 0.1) is 0 Å². The largest absolute Gasteiger partial charge is 0.493 e. The van der Waals surface area contributed by atoms with Gasteiger partial charge in [-0.05, 0) is 35.4 Å². The molecule has 0 saturated heterocycles. The van der Waals surface area contributed by atoms with Crippen LogP contribution in [0.5, 0.6) is 5.75 Å². The molecule has 1 N–H and O–H groups in total. The van der Waals surface area contributed by atoms with Gasteiger partial charge in [0.15, 0.2) is 5.82 Å². The highest BCUT2D eigenvalue weighted by atomic mass is 16.5. The predicted molar refractivity (Wildman–Crippen MR) is 74.9 cm³/mol. The molecule has 1 aromatic carbocycles. The lowest BCUT2D eigenvalue weighted by atomic mass is 10.2. The number of carbonyl (C=O) groups is 1.